The predicted octanol–water partition coefficient (Wildman–Crippen LogP) is 1.17. The van der Waals surface area contributed by atoms with Crippen LogP contribution in [-0.2, 0) is 24.6 Å². The van der Waals surface area contributed by atoms with Crippen molar-refractivity contribution < 1.29 is 21.6 Å². The van der Waals surface area contributed by atoms with Crippen LogP contribution in [0.15, 0.2) is 23.1 Å². The van der Waals surface area contributed by atoms with Crippen LogP contribution >= 0.6 is 10.7 Å². The van der Waals surface area contributed by atoms with Crippen LogP contribution in [0.2, 0.25) is 0 Å². The van der Waals surface area contributed by atoms with Crippen molar-refractivity contribution in [2.75, 3.05) is 13.4 Å². The first-order valence-electron chi connectivity index (χ1n) is 4.43. The summed E-state index contributed by atoms with van der Waals surface area (Å²) in [6.07, 6.45) is 1.06. The Balaban J connectivity index is 3.29. The van der Waals surface area contributed by atoms with Gasteiger partial charge in [-0.2, -0.15) is 0 Å². The van der Waals surface area contributed by atoms with Crippen LogP contribution in [0.4, 0.5) is 0 Å². The minimum absolute atomic E-state index is 0.0603. The number of hydrogen-bond acceptors (Lipinski definition) is 5. The van der Waals surface area contributed by atoms with E-state index in [0.717, 1.165) is 6.26 Å². The molecule has 0 atom stereocenters. The molecule has 17 heavy (non-hydrogen) atoms. The minimum Gasteiger partial charge on any atom is -0.496 e. The fraction of sp³-hybridized carbons (Fsp3) is 0.333. The standard InChI is InChI=1S/C9H11ClO5S2/c1-15-9-5-8(16(2,11)12)4-3-7(9)6-17(10,13)14/h3-5H,6H2,1-2H3. The number of ether oxygens (including phenoxy) is 1. The number of halogens is 1. The average molecular weight is 299 g/mol. The lowest BCUT2D eigenvalue weighted by Crippen LogP contribution is -2.02. The van der Waals surface area contributed by atoms with E-state index in [1.165, 1.54) is 25.3 Å². The van der Waals surface area contributed by atoms with Crippen LogP contribution in [0.1, 0.15) is 5.56 Å². The summed E-state index contributed by atoms with van der Waals surface area (Å²) in [5.74, 6) is -0.237. The maximum atomic E-state index is 11.3. The van der Waals surface area contributed by atoms with Crippen LogP contribution in [0, 0.1) is 0 Å². The molecule has 0 aliphatic carbocycles. The van der Waals surface area contributed by atoms with Gasteiger partial charge in [0.25, 0.3) is 0 Å². The third-order valence-corrected chi connectivity index (χ3v) is 4.11. The van der Waals surface area contributed by atoms with Crippen LogP contribution < -0.4 is 4.74 Å². The Morgan fingerprint density at radius 1 is 1.24 bits per heavy atom. The summed E-state index contributed by atoms with van der Waals surface area (Å²) in [5.41, 5.74) is 0.315. The zero-order chi connectivity index (χ0) is 13.3. The van der Waals surface area contributed by atoms with Gasteiger partial charge in [0.05, 0.1) is 17.8 Å². The molecular weight excluding hydrogens is 288 g/mol. The van der Waals surface area contributed by atoms with Gasteiger partial charge in [0.15, 0.2) is 9.84 Å². The molecule has 0 N–H and O–H groups in total. The molecule has 1 aromatic carbocycles. The second-order valence-electron chi connectivity index (χ2n) is 3.43. The molecule has 0 bridgehead atoms. The molecule has 8 heteroatoms. The second-order valence-corrected chi connectivity index (χ2v) is 8.22. The van der Waals surface area contributed by atoms with Crippen LogP contribution in [-0.4, -0.2) is 30.2 Å². The lowest BCUT2D eigenvalue weighted by atomic mass is 10.2. The van der Waals surface area contributed by atoms with Gasteiger partial charge in [0, 0.05) is 22.5 Å². The molecule has 0 spiro atoms. The van der Waals surface area contributed by atoms with E-state index >= 15 is 0 Å². The topological polar surface area (TPSA) is 77.5 Å². The summed E-state index contributed by atoms with van der Waals surface area (Å²) in [7, 11) is -0.624. The number of hydrogen-bond donors (Lipinski definition) is 0. The van der Waals surface area contributed by atoms with E-state index in [2.05, 4.69) is 0 Å². The lowest BCUT2D eigenvalue weighted by molar-refractivity contribution is 0.409. The van der Waals surface area contributed by atoms with E-state index in [4.69, 9.17) is 15.4 Å². The summed E-state index contributed by atoms with van der Waals surface area (Å²) in [6, 6.07) is 3.96. The third kappa shape index (κ3) is 4.18. The van der Waals surface area contributed by atoms with Crippen molar-refractivity contribution in [3.8, 4) is 5.75 Å². The van der Waals surface area contributed by atoms with Gasteiger partial charge in [-0.3, -0.25) is 0 Å². The fourth-order valence-corrected chi connectivity index (χ4v) is 2.86. The first-order valence-corrected chi connectivity index (χ1v) is 8.80. The molecule has 0 unspecified atom stereocenters. The number of rotatable bonds is 4. The molecule has 0 amide bonds. The monoisotopic (exact) mass is 298 g/mol. The van der Waals surface area contributed by atoms with Gasteiger partial charge in [0.2, 0.25) is 9.05 Å². The van der Waals surface area contributed by atoms with Gasteiger partial charge < -0.3 is 4.74 Å². The fourth-order valence-electron chi connectivity index (χ4n) is 1.26. The van der Waals surface area contributed by atoms with Crippen LogP contribution in [0.3, 0.4) is 0 Å². The number of benzene rings is 1. The van der Waals surface area contributed by atoms with Crippen molar-refractivity contribution in [2.24, 2.45) is 0 Å². The average Bonchev–Trinajstić information content (AvgIpc) is 2.14. The quantitative estimate of drug-likeness (QED) is 0.780. The Morgan fingerprint density at radius 3 is 2.24 bits per heavy atom. The number of methoxy groups -OCH3 is 1. The Bertz CT molecular complexity index is 619. The van der Waals surface area contributed by atoms with Crippen LogP contribution in [0.5, 0.6) is 5.75 Å². The highest BCUT2D eigenvalue weighted by Crippen LogP contribution is 2.25. The molecule has 5 nitrogen and oxygen atoms in total. The first kappa shape index (κ1) is 14.3. The van der Waals surface area contributed by atoms with Crippen molar-refractivity contribution in [3.05, 3.63) is 23.8 Å². The molecule has 96 valence electrons. The van der Waals surface area contributed by atoms with E-state index < -0.39 is 24.6 Å². The van der Waals surface area contributed by atoms with Crippen molar-refractivity contribution >= 4 is 29.6 Å². The van der Waals surface area contributed by atoms with E-state index in [0.29, 0.717) is 5.56 Å². The van der Waals surface area contributed by atoms with Crippen molar-refractivity contribution in [1.82, 2.24) is 0 Å². The zero-order valence-corrected chi connectivity index (χ0v) is 11.6. The second kappa shape index (κ2) is 4.83. The molecule has 0 aliphatic rings. The zero-order valence-electron chi connectivity index (χ0n) is 9.17. The maximum absolute atomic E-state index is 11.3. The Labute approximate surface area is 105 Å². The Hall–Kier alpha value is -0.790. The van der Waals surface area contributed by atoms with Gasteiger partial charge in [-0.1, -0.05) is 6.07 Å². The summed E-state index contributed by atoms with van der Waals surface area (Å²) in [6.45, 7) is 0. The largest absolute Gasteiger partial charge is 0.496 e. The first-order chi connectivity index (χ1) is 7.63. The SMILES string of the molecule is COc1cc(S(C)(=O)=O)ccc1CS(=O)(=O)Cl. The maximum Gasteiger partial charge on any atom is 0.236 e. The normalized spacial score (nSPS) is 12.4. The van der Waals surface area contributed by atoms with Gasteiger partial charge in [-0.05, 0) is 12.1 Å². The smallest absolute Gasteiger partial charge is 0.236 e. The summed E-state index contributed by atoms with van der Waals surface area (Å²) < 4.78 is 49.4. The molecule has 0 aromatic heterocycles. The van der Waals surface area contributed by atoms with Crippen molar-refractivity contribution in [3.63, 3.8) is 0 Å². The molecule has 0 saturated carbocycles. The van der Waals surface area contributed by atoms with E-state index in [9.17, 15) is 16.8 Å². The molecule has 0 heterocycles. The summed E-state index contributed by atoms with van der Waals surface area (Å²) in [4.78, 5) is 0.0603. The highest BCUT2D eigenvalue weighted by Gasteiger charge is 2.15. The van der Waals surface area contributed by atoms with E-state index in [1.807, 2.05) is 0 Å². The summed E-state index contributed by atoms with van der Waals surface area (Å²) in [5, 5.41) is 0. The predicted molar refractivity (Wildman–Crippen MR) is 64.6 cm³/mol. The molecule has 1 aromatic rings. The number of sulfone groups is 1. The van der Waals surface area contributed by atoms with Crippen molar-refractivity contribution in [1.29, 1.82) is 0 Å². The van der Waals surface area contributed by atoms with E-state index in [-0.39, 0.29) is 10.6 Å². The molecule has 1 rings (SSSR count). The molecule has 0 fully saturated rings. The van der Waals surface area contributed by atoms with Crippen LogP contribution in [0.25, 0.3) is 0 Å². The van der Waals surface area contributed by atoms with Gasteiger partial charge in [-0.25, -0.2) is 16.8 Å². The highest BCUT2D eigenvalue weighted by molar-refractivity contribution is 8.13. The molecule has 0 radical (unpaired) electrons. The molecule has 0 aliphatic heterocycles. The van der Waals surface area contributed by atoms with Gasteiger partial charge in [0.1, 0.15) is 5.75 Å². The third-order valence-electron chi connectivity index (χ3n) is 2.01. The lowest BCUT2D eigenvalue weighted by Gasteiger charge is -2.08. The van der Waals surface area contributed by atoms with Gasteiger partial charge >= 0.3 is 0 Å². The Morgan fingerprint density at radius 2 is 1.82 bits per heavy atom. The highest BCUT2D eigenvalue weighted by atomic mass is 35.7. The minimum atomic E-state index is -3.72. The summed E-state index contributed by atoms with van der Waals surface area (Å²) >= 11 is 0. The van der Waals surface area contributed by atoms with Crippen molar-refractivity contribution in [2.45, 2.75) is 10.6 Å². The van der Waals surface area contributed by atoms with Gasteiger partial charge in [-0.15, -0.1) is 0 Å². The Kier molecular flexibility index (Phi) is 4.06. The molecular formula is C9H11ClO5S2. The molecule has 0 saturated heterocycles. The van der Waals surface area contributed by atoms with E-state index in [1.54, 1.807) is 0 Å².